The lowest BCUT2D eigenvalue weighted by Gasteiger charge is -2.01. The minimum absolute atomic E-state index is 0.0185. The Morgan fingerprint density at radius 2 is 2.22 bits per heavy atom. The maximum atomic E-state index is 12.1. The van der Waals surface area contributed by atoms with Crippen molar-refractivity contribution in [3.8, 4) is 0 Å². The van der Waals surface area contributed by atoms with Crippen molar-refractivity contribution in [1.29, 1.82) is 0 Å². The molecule has 0 saturated carbocycles. The van der Waals surface area contributed by atoms with Crippen LogP contribution in [-0.4, -0.2) is 20.5 Å². The summed E-state index contributed by atoms with van der Waals surface area (Å²) in [4.78, 5) is 15.9. The molecule has 0 aliphatic carbocycles. The molecule has 2 rings (SSSR count). The molecule has 0 saturated heterocycles. The van der Waals surface area contributed by atoms with Gasteiger partial charge in [-0.15, -0.1) is 0 Å². The van der Waals surface area contributed by atoms with Gasteiger partial charge >= 0.3 is 0 Å². The SMILES string of the molecule is CCc1cc(CC(=O)c2ccnc(Cl)c2)n(C)n1. The van der Waals surface area contributed by atoms with E-state index in [-0.39, 0.29) is 5.78 Å². The van der Waals surface area contributed by atoms with Gasteiger partial charge in [0.05, 0.1) is 12.1 Å². The molecule has 0 bridgehead atoms. The number of pyridine rings is 1. The monoisotopic (exact) mass is 263 g/mol. The number of aromatic nitrogens is 3. The Hall–Kier alpha value is -1.68. The van der Waals surface area contributed by atoms with Crippen molar-refractivity contribution in [2.45, 2.75) is 19.8 Å². The molecule has 0 radical (unpaired) electrons. The van der Waals surface area contributed by atoms with Crippen molar-refractivity contribution in [2.75, 3.05) is 0 Å². The molecular formula is C13H14ClN3O. The third-order valence-corrected chi connectivity index (χ3v) is 2.99. The van der Waals surface area contributed by atoms with Gasteiger partial charge in [0.25, 0.3) is 0 Å². The lowest BCUT2D eigenvalue weighted by Crippen LogP contribution is -2.08. The zero-order chi connectivity index (χ0) is 13.1. The van der Waals surface area contributed by atoms with E-state index in [1.807, 2.05) is 20.0 Å². The first kappa shape index (κ1) is 12.8. The van der Waals surface area contributed by atoms with Crippen molar-refractivity contribution in [2.24, 2.45) is 7.05 Å². The van der Waals surface area contributed by atoms with E-state index in [1.165, 1.54) is 6.20 Å². The Kier molecular flexibility index (Phi) is 3.77. The van der Waals surface area contributed by atoms with Gasteiger partial charge in [0.2, 0.25) is 0 Å². The summed E-state index contributed by atoms with van der Waals surface area (Å²) < 4.78 is 1.75. The molecule has 18 heavy (non-hydrogen) atoms. The molecule has 0 N–H and O–H groups in total. The normalized spacial score (nSPS) is 10.6. The van der Waals surface area contributed by atoms with Crippen LogP contribution in [0.5, 0.6) is 0 Å². The minimum atomic E-state index is 0.0185. The highest BCUT2D eigenvalue weighted by Crippen LogP contribution is 2.12. The molecule has 0 aromatic carbocycles. The molecule has 0 aliphatic rings. The fourth-order valence-corrected chi connectivity index (χ4v) is 1.93. The third kappa shape index (κ3) is 2.76. The van der Waals surface area contributed by atoms with Crippen LogP contribution in [0.3, 0.4) is 0 Å². The molecule has 2 heterocycles. The van der Waals surface area contributed by atoms with Crippen LogP contribution in [0.4, 0.5) is 0 Å². The molecule has 2 aromatic rings. The van der Waals surface area contributed by atoms with E-state index in [1.54, 1.807) is 16.8 Å². The van der Waals surface area contributed by atoms with E-state index < -0.39 is 0 Å². The highest BCUT2D eigenvalue weighted by molar-refractivity contribution is 6.29. The first-order valence-corrected chi connectivity index (χ1v) is 6.14. The molecule has 0 atom stereocenters. The molecular weight excluding hydrogens is 250 g/mol. The van der Waals surface area contributed by atoms with Gasteiger partial charge < -0.3 is 0 Å². The summed E-state index contributed by atoms with van der Waals surface area (Å²) in [5, 5.41) is 4.65. The fourth-order valence-electron chi connectivity index (χ4n) is 1.75. The van der Waals surface area contributed by atoms with Crippen LogP contribution >= 0.6 is 11.6 Å². The van der Waals surface area contributed by atoms with Gasteiger partial charge in [-0.05, 0) is 24.6 Å². The van der Waals surface area contributed by atoms with Gasteiger partial charge in [0.15, 0.2) is 5.78 Å². The molecule has 94 valence electrons. The zero-order valence-electron chi connectivity index (χ0n) is 10.4. The summed E-state index contributed by atoms with van der Waals surface area (Å²) in [6.07, 6.45) is 2.73. The van der Waals surface area contributed by atoms with Crippen LogP contribution in [0, 0.1) is 0 Å². The Morgan fingerprint density at radius 3 is 2.83 bits per heavy atom. The van der Waals surface area contributed by atoms with Crippen LogP contribution in [0.2, 0.25) is 5.15 Å². The number of rotatable bonds is 4. The van der Waals surface area contributed by atoms with Gasteiger partial charge in [-0.25, -0.2) is 4.98 Å². The van der Waals surface area contributed by atoms with Crippen LogP contribution in [0.15, 0.2) is 24.4 Å². The molecule has 0 unspecified atom stereocenters. The van der Waals surface area contributed by atoms with Gasteiger partial charge in [0.1, 0.15) is 5.15 Å². The van der Waals surface area contributed by atoms with Gasteiger partial charge in [-0.1, -0.05) is 18.5 Å². The molecule has 4 nitrogen and oxygen atoms in total. The lowest BCUT2D eigenvalue weighted by atomic mass is 10.1. The van der Waals surface area contributed by atoms with Crippen LogP contribution < -0.4 is 0 Å². The van der Waals surface area contributed by atoms with Crippen molar-refractivity contribution >= 4 is 17.4 Å². The number of carbonyl (C=O) groups excluding carboxylic acids is 1. The van der Waals surface area contributed by atoms with Crippen molar-refractivity contribution < 1.29 is 4.79 Å². The van der Waals surface area contributed by atoms with Gasteiger partial charge in [0, 0.05) is 24.5 Å². The summed E-state index contributed by atoms with van der Waals surface area (Å²) in [6.45, 7) is 2.04. The number of halogens is 1. The number of Topliss-reactive ketones (excluding diaryl/α,β-unsaturated/α-hetero) is 1. The number of nitrogens with zero attached hydrogens (tertiary/aromatic N) is 3. The Labute approximate surface area is 111 Å². The van der Waals surface area contributed by atoms with E-state index in [0.717, 1.165) is 17.8 Å². The third-order valence-electron chi connectivity index (χ3n) is 2.78. The van der Waals surface area contributed by atoms with Crippen LogP contribution in [-0.2, 0) is 19.9 Å². The zero-order valence-corrected chi connectivity index (χ0v) is 11.1. The van der Waals surface area contributed by atoms with Crippen molar-refractivity contribution in [1.82, 2.24) is 14.8 Å². The van der Waals surface area contributed by atoms with E-state index in [4.69, 9.17) is 11.6 Å². The highest BCUT2D eigenvalue weighted by atomic mass is 35.5. The molecule has 0 fully saturated rings. The first-order valence-electron chi connectivity index (χ1n) is 5.76. The predicted molar refractivity (Wildman–Crippen MR) is 69.9 cm³/mol. The number of hydrogen-bond acceptors (Lipinski definition) is 3. The summed E-state index contributed by atoms with van der Waals surface area (Å²) in [5.41, 5.74) is 2.48. The van der Waals surface area contributed by atoms with Gasteiger partial charge in [-0.3, -0.25) is 9.48 Å². The Morgan fingerprint density at radius 1 is 1.44 bits per heavy atom. The van der Waals surface area contributed by atoms with Crippen molar-refractivity contribution in [3.63, 3.8) is 0 Å². The van der Waals surface area contributed by atoms with E-state index >= 15 is 0 Å². The second-order valence-corrected chi connectivity index (χ2v) is 4.46. The summed E-state index contributed by atoms with van der Waals surface area (Å²) in [7, 11) is 1.85. The highest BCUT2D eigenvalue weighted by Gasteiger charge is 2.11. The average molecular weight is 264 g/mol. The number of aryl methyl sites for hydroxylation is 2. The summed E-state index contributed by atoms with van der Waals surface area (Å²) in [5.74, 6) is 0.0185. The average Bonchev–Trinajstić information content (AvgIpc) is 2.70. The Balaban J connectivity index is 2.18. The first-order chi connectivity index (χ1) is 8.60. The summed E-state index contributed by atoms with van der Waals surface area (Å²) in [6, 6.07) is 5.22. The summed E-state index contributed by atoms with van der Waals surface area (Å²) >= 11 is 5.77. The second kappa shape index (κ2) is 5.31. The minimum Gasteiger partial charge on any atom is -0.294 e. The van der Waals surface area contributed by atoms with Gasteiger partial charge in [-0.2, -0.15) is 5.10 Å². The number of carbonyl (C=O) groups is 1. The largest absolute Gasteiger partial charge is 0.294 e. The smallest absolute Gasteiger partial charge is 0.168 e. The molecule has 0 aliphatic heterocycles. The van der Waals surface area contributed by atoms with Crippen LogP contribution in [0.1, 0.15) is 28.7 Å². The van der Waals surface area contributed by atoms with E-state index in [0.29, 0.717) is 17.1 Å². The molecule has 0 spiro atoms. The molecule has 0 amide bonds. The maximum Gasteiger partial charge on any atom is 0.168 e. The fraction of sp³-hybridized carbons (Fsp3) is 0.308. The van der Waals surface area contributed by atoms with Crippen molar-refractivity contribution in [3.05, 3.63) is 46.5 Å². The predicted octanol–water partition coefficient (Wildman–Crippen LogP) is 2.46. The number of hydrogen-bond donors (Lipinski definition) is 0. The quantitative estimate of drug-likeness (QED) is 0.629. The molecule has 5 heteroatoms. The number of ketones is 1. The second-order valence-electron chi connectivity index (χ2n) is 4.07. The maximum absolute atomic E-state index is 12.1. The van der Waals surface area contributed by atoms with E-state index in [9.17, 15) is 4.79 Å². The van der Waals surface area contributed by atoms with Crippen LogP contribution in [0.25, 0.3) is 0 Å². The standard InChI is InChI=1S/C13H14ClN3O/c1-3-10-7-11(17(2)16-10)8-12(18)9-4-5-15-13(14)6-9/h4-7H,3,8H2,1-2H3. The lowest BCUT2D eigenvalue weighted by molar-refractivity contribution is 0.0990. The topological polar surface area (TPSA) is 47.8 Å². The Bertz CT molecular complexity index is 577. The molecule has 2 aromatic heterocycles. The van der Waals surface area contributed by atoms with E-state index in [2.05, 4.69) is 10.1 Å².